The molecule has 4 heteroatoms. The van der Waals surface area contributed by atoms with Crippen LogP contribution in [-0.4, -0.2) is 37.0 Å². The molecule has 292 valence electrons. The molecule has 0 radical (unpaired) electrons. The molecule has 0 heterocycles. The number of esters is 1. The van der Waals surface area contributed by atoms with Crippen molar-refractivity contribution in [3.63, 3.8) is 0 Å². The van der Waals surface area contributed by atoms with Gasteiger partial charge in [0.05, 0.1) is 13.2 Å². The van der Waals surface area contributed by atoms with Crippen LogP contribution < -0.4 is 0 Å². The van der Waals surface area contributed by atoms with Crippen molar-refractivity contribution in [1.82, 2.24) is 0 Å². The fourth-order valence-electron chi connectivity index (χ4n) is 6.20. The smallest absolute Gasteiger partial charge is 0.306 e. The summed E-state index contributed by atoms with van der Waals surface area (Å²) in [5, 5.41) is 9.61. The highest BCUT2D eigenvalue weighted by Gasteiger charge is 2.13. The fraction of sp³-hybridized carbons (Fsp3) is 0.804. The predicted octanol–water partition coefficient (Wildman–Crippen LogP) is 14.3. The van der Waals surface area contributed by atoms with E-state index in [1.54, 1.807) is 0 Å². The second kappa shape index (κ2) is 43.5. The van der Waals surface area contributed by atoms with Gasteiger partial charge in [-0.1, -0.05) is 204 Å². The van der Waals surface area contributed by atoms with Crippen LogP contribution in [0.2, 0.25) is 0 Å². The minimum atomic E-state index is -0.537. The lowest BCUT2D eigenvalue weighted by molar-refractivity contribution is -0.154. The average molecular weight is 701 g/mol. The highest BCUT2D eigenvalue weighted by molar-refractivity contribution is 5.69. The Balaban J connectivity index is 3.44. The highest BCUT2D eigenvalue weighted by Crippen LogP contribution is 2.15. The Bertz CT molecular complexity index is 783. The Morgan fingerprint density at radius 1 is 0.500 bits per heavy atom. The summed E-state index contributed by atoms with van der Waals surface area (Å²) in [7, 11) is 0. The van der Waals surface area contributed by atoms with Crippen molar-refractivity contribution in [1.29, 1.82) is 0 Å². The Morgan fingerprint density at radius 3 is 1.36 bits per heavy atom. The number of ether oxygens (including phenoxy) is 2. The number of hydrogen-bond acceptors (Lipinski definition) is 4. The summed E-state index contributed by atoms with van der Waals surface area (Å²) in [5.74, 6) is -0.207. The number of carbonyl (C=O) groups is 1. The van der Waals surface area contributed by atoms with Crippen molar-refractivity contribution < 1.29 is 19.4 Å². The third-order valence-corrected chi connectivity index (χ3v) is 9.42. The first-order valence-corrected chi connectivity index (χ1v) is 21.7. The molecule has 0 bridgehead atoms. The molecule has 0 aromatic carbocycles. The molecule has 0 aliphatic heterocycles. The average Bonchev–Trinajstić information content (AvgIpc) is 3.12. The number of aliphatic hydroxyl groups is 1. The lowest BCUT2D eigenvalue weighted by atomic mass is 10.0. The molecule has 1 N–H and O–H groups in total. The van der Waals surface area contributed by atoms with Crippen LogP contribution in [0.5, 0.6) is 0 Å². The molecule has 0 aliphatic rings. The molecule has 0 rings (SSSR count). The molecule has 1 atom stereocenters. The quantitative estimate of drug-likeness (QED) is 0.0393. The van der Waals surface area contributed by atoms with Crippen molar-refractivity contribution in [3.8, 4) is 0 Å². The van der Waals surface area contributed by atoms with Crippen LogP contribution in [0.15, 0.2) is 48.6 Å². The Hall–Kier alpha value is -1.65. The van der Waals surface area contributed by atoms with Gasteiger partial charge in [0.2, 0.25) is 0 Å². The normalized spacial score (nSPS) is 12.8. The van der Waals surface area contributed by atoms with Crippen molar-refractivity contribution in [2.45, 2.75) is 219 Å². The second-order valence-electron chi connectivity index (χ2n) is 14.4. The number of rotatable bonds is 40. The van der Waals surface area contributed by atoms with Gasteiger partial charge in [-0.05, 0) is 51.4 Å². The summed E-state index contributed by atoms with van der Waals surface area (Å²) < 4.78 is 11.2. The van der Waals surface area contributed by atoms with E-state index in [0.29, 0.717) is 19.6 Å². The van der Waals surface area contributed by atoms with Gasteiger partial charge in [-0.15, -0.1) is 0 Å². The van der Waals surface area contributed by atoms with Crippen LogP contribution in [-0.2, 0) is 14.3 Å². The van der Waals surface area contributed by atoms with Gasteiger partial charge in [0.1, 0.15) is 6.10 Å². The van der Waals surface area contributed by atoms with Gasteiger partial charge in [0.15, 0.2) is 0 Å². The van der Waals surface area contributed by atoms with Crippen LogP contribution in [0.25, 0.3) is 0 Å². The Kier molecular flexibility index (Phi) is 42.1. The van der Waals surface area contributed by atoms with Crippen LogP contribution in [0, 0.1) is 0 Å². The van der Waals surface area contributed by atoms with Crippen LogP contribution in [0.3, 0.4) is 0 Å². The SMILES string of the molecule is CC/C=C\C/C=C\C/C=C\C/C=C\CCCCCCCCCCC(=O)OC(CO)COCCCCCCCCCCCCCCCCCCC. The standard InChI is InChI=1S/C46H84O4/c1-3-5-7-9-11-13-15-17-19-21-22-23-24-25-27-29-31-33-35-37-39-41-46(48)50-45(43-47)44-49-42-40-38-36-34-32-30-28-26-20-18-16-14-12-10-8-6-4-2/h5,7,11,13,17,19,22-23,45,47H,3-4,6,8-10,12,14-16,18,20-21,24-44H2,1-2H3/b7-5-,13-11-,19-17-,23-22-. The van der Waals surface area contributed by atoms with Crippen molar-refractivity contribution in [2.24, 2.45) is 0 Å². The zero-order valence-electron chi connectivity index (χ0n) is 33.4. The van der Waals surface area contributed by atoms with E-state index in [1.165, 1.54) is 148 Å². The summed E-state index contributed by atoms with van der Waals surface area (Å²) in [5.41, 5.74) is 0. The first-order valence-electron chi connectivity index (χ1n) is 21.7. The third kappa shape index (κ3) is 40.8. The van der Waals surface area contributed by atoms with E-state index in [9.17, 15) is 9.90 Å². The number of carbonyl (C=O) groups excluding carboxylic acids is 1. The summed E-state index contributed by atoms with van der Waals surface area (Å²) in [6.07, 6.45) is 56.0. The van der Waals surface area contributed by atoms with Crippen molar-refractivity contribution in [3.05, 3.63) is 48.6 Å². The molecule has 0 aliphatic carbocycles. The molecule has 50 heavy (non-hydrogen) atoms. The van der Waals surface area contributed by atoms with E-state index in [2.05, 4.69) is 62.5 Å². The lowest BCUT2D eigenvalue weighted by Gasteiger charge is -2.16. The highest BCUT2D eigenvalue weighted by atomic mass is 16.6. The molecule has 0 saturated heterocycles. The summed E-state index contributed by atoms with van der Waals surface area (Å²) in [6.45, 7) is 5.25. The first kappa shape index (κ1) is 48.3. The van der Waals surface area contributed by atoms with E-state index in [1.807, 2.05) is 0 Å². The van der Waals surface area contributed by atoms with Crippen LogP contribution >= 0.6 is 0 Å². The van der Waals surface area contributed by atoms with E-state index in [0.717, 1.165) is 44.9 Å². The van der Waals surface area contributed by atoms with Gasteiger partial charge >= 0.3 is 5.97 Å². The largest absolute Gasteiger partial charge is 0.457 e. The van der Waals surface area contributed by atoms with E-state index in [4.69, 9.17) is 9.47 Å². The fourth-order valence-corrected chi connectivity index (χ4v) is 6.20. The number of hydrogen-bond donors (Lipinski definition) is 1. The predicted molar refractivity (Wildman–Crippen MR) is 219 cm³/mol. The Morgan fingerprint density at radius 2 is 0.900 bits per heavy atom. The molecule has 0 aromatic rings. The zero-order valence-corrected chi connectivity index (χ0v) is 33.4. The Labute approximate surface area is 312 Å². The van der Waals surface area contributed by atoms with E-state index >= 15 is 0 Å². The lowest BCUT2D eigenvalue weighted by Crippen LogP contribution is -2.27. The topological polar surface area (TPSA) is 55.8 Å². The van der Waals surface area contributed by atoms with Gasteiger partial charge in [-0.25, -0.2) is 0 Å². The van der Waals surface area contributed by atoms with Crippen LogP contribution in [0.1, 0.15) is 213 Å². The molecule has 1 unspecified atom stereocenters. The third-order valence-electron chi connectivity index (χ3n) is 9.42. The van der Waals surface area contributed by atoms with Gasteiger partial charge < -0.3 is 14.6 Å². The van der Waals surface area contributed by atoms with Gasteiger partial charge in [-0.2, -0.15) is 0 Å². The monoisotopic (exact) mass is 701 g/mol. The molecule has 4 nitrogen and oxygen atoms in total. The van der Waals surface area contributed by atoms with Crippen molar-refractivity contribution >= 4 is 5.97 Å². The van der Waals surface area contributed by atoms with E-state index in [-0.39, 0.29) is 12.6 Å². The molecular weight excluding hydrogens is 617 g/mol. The minimum absolute atomic E-state index is 0.174. The molecular formula is C46H84O4. The van der Waals surface area contributed by atoms with Crippen molar-refractivity contribution in [2.75, 3.05) is 19.8 Å². The zero-order chi connectivity index (χ0) is 36.3. The molecule has 0 amide bonds. The maximum Gasteiger partial charge on any atom is 0.306 e. The van der Waals surface area contributed by atoms with Gasteiger partial charge in [0.25, 0.3) is 0 Å². The maximum atomic E-state index is 12.2. The summed E-state index contributed by atoms with van der Waals surface area (Å²) in [4.78, 5) is 12.2. The van der Waals surface area contributed by atoms with Crippen LogP contribution in [0.4, 0.5) is 0 Å². The summed E-state index contributed by atoms with van der Waals surface area (Å²) in [6, 6.07) is 0. The van der Waals surface area contributed by atoms with Gasteiger partial charge in [-0.3, -0.25) is 4.79 Å². The van der Waals surface area contributed by atoms with Gasteiger partial charge in [0, 0.05) is 13.0 Å². The molecule has 0 saturated carbocycles. The summed E-state index contributed by atoms with van der Waals surface area (Å²) >= 11 is 0. The molecule has 0 fully saturated rings. The number of aliphatic hydroxyl groups excluding tert-OH is 1. The molecule has 0 spiro atoms. The second-order valence-corrected chi connectivity index (χ2v) is 14.4. The maximum absolute atomic E-state index is 12.2. The molecule has 0 aromatic heterocycles. The van der Waals surface area contributed by atoms with E-state index < -0.39 is 6.10 Å². The first-order chi connectivity index (χ1) is 24.7. The number of unbranched alkanes of at least 4 members (excludes halogenated alkanes) is 24. The minimum Gasteiger partial charge on any atom is -0.457 e. The number of allylic oxidation sites excluding steroid dienone is 8.